The molecular weight excluding hydrogens is 589 g/mol. The molecule has 260 valence electrons. The van der Waals surface area contributed by atoms with E-state index in [0.29, 0.717) is 35.5 Å². The number of hydrogen-bond donors (Lipinski definition) is 0. The maximum Gasteiger partial charge on any atom is 0.0675 e. The molecule has 0 amide bonds. The summed E-state index contributed by atoms with van der Waals surface area (Å²) in [7, 11) is 2.24. The van der Waals surface area contributed by atoms with Crippen molar-refractivity contribution in [1.29, 1.82) is 0 Å². The van der Waals surface area contributed by atoms with Crippen molar-refractivity contribution in [2.45, 2.75) is 129 Å². The van der Waals surface area contributed by atoms with Gasteiger partial charge in [0.1, 0.15) is 0 Å². The molecule has 0 radical (unpaired) electrons. The highest BCUT2D eigenvalue weighted by atomic mass is 28.3. The number of benzene rings is 2. The van der Waals surface area contributed by atoms with Gasteiger partial charge in [0.2, 0.25) is 0 Å². The van der Waals surface area contributed by atoms with Gasteiger partial charge in [-0.3, -0.25) is 0 Å². The Balaban J connectivity index is 1.41. The van der Waals surface area contributed by atoms with Crippen LogP contribution < -0.4 is 0 Å². The summed E-state index contributed by atoms with van der Waals surface area (Å²) in [5, 5.41) is 0. The van der Waals surface area contributed by atoms with E-state index < -0.39 is 8.07 Å². The number of hydrogen-bond acceptors (Lipinski definition) is 2. The highest BCUT2D eigenvalue weighted by molar-refractivity contribution is 6.80. The summed E-state index contributed by atoms with van der Waals surface area (Å²) in [6.45, 7) is 26.0. The minimum atomic E-state index is -1.76. The molecule has 2 aromatic carbocycles. The summed E-state index contributed by atoms with van der Waals surface area (Å²) in [4.78, 5) is 0. The third-order valence-electron chi connectivity index (χ3n) is 14.9. The molecule has 0 aromatic heterocycles. The van der Waals surface area contributed by atoms with Crippen molar-refractivity contribution in [1.82, 2.24) is 0 Å². The Morgan fingerprint density at radius 1 is 0.532 bits per heavy atom. The normalized spacial score (nSPS) is 41.0. The van der Waals surface area contributed by atoms with Crippen LogP contribution in [-0.2, 0) is 9.47 Å². The van der Waals surface area contributed by atoms with Crippen LogP contribution in [-0.4, -0.2) is 34.5 Å². The van der Waals surface area contributed by atoms with Crippen molar-refractivity contribution in [2.24, 2.45) is 58.2 Å². The van der Waals surface area contributed by atoms with E-state index in [0.717, 1.165) is 34.8 Å². The van der Waals surface area contributed by atoms with E-state index in [4.69, 9.17) is 9.47 Å². The van der Waals surface area contributed by atoms with Crippen molar-refractivity contribution in [3.8, 4) is 0 Å². The number of methoxy groups -OCH3 is 2. The van der Waals surface area contributed by atoms with E-state index in [1.807, 2.05) is 14.2 Å². The lowest BCUT2D eigenvalue weighted by molar-refractivity contribution is -0.0702. The number of ether oxygens (including phenoxy) is 2. The molecule has 2 nitrogen and oxygen atoms in total. The summed E-state index contributed by atoms with van der Waals surface area (Å²) in [6, 6.07) is 23.1. The Bertz CT molecular complexity index is 1220. The number of rotatable bonds is 6. The quantitative estimate of drug-likeness (QED) is 0.288. The summed E-state index contributed by atoms with van der Waals surface area (Å²) in [6.07, 6.45) is 5.96. The summed E-state index contributed by atoms with van der Waals surface area (Å²) in [5.74, 6) is 6.66. The minimum Gasteiger partial charge on any atom is -0.381 e. The average molecular weight is 657 g/mol. The van der Waals surface area contributed by atoms with Gasteiger partial charge in [0.05, 0.1) is 20.3 Å². The maximum atomic E-state index is 6.57. The second kappa shape index (κ2) is 13.0. The first kappa shape index (κ1) is 35.4. The molecule has 6 rings (SSSR count). The van der Waals surface area contributed by atoms with Gasteiger partial charge in [0, 0.05) is 26.1 Å². The van der Waals surface area contributed by atoms with Gasteiger partial charge in [-0.2, -0.15) is 0 Å². The molecule has 0 N–H and O–H groups in total. The van der Waals surface area contributed by atoms with Crippen LogP contribution in [0, 0.1) is 58.2 Å². The standard InChI is InChI=1S/C44H68O2Si/c1-27-23-31-33(25-35(43(3,4)5)39(45-9)37(31)29-19-15-13-16-20-29)41(27)47(11,12)42-28(2)24-32-34(42)26-36(44(6,7)8)40(46-10)38(32)30-21-17-14-18-22-30/h13-22,27-28,31-42H,23-26H2,1-12H3. The molecule has 0 saturated heterocycles. The van der Waals surface area contributed by atoms with Crippen LogP contribution in [0.15, 0.2) is 60.7 Å². The lowest BCUT2D eigenvalue weighted by atomic mass is 9.59. The van der Waals surface area contributed by atoms with E-state index >= 15 is 0 Å². The Kier molecular flexibility index (Phi) is 9.82. The third-order valence-corrected chi connectivity index (χ3v) is 20.3. The van der Waals surface area contributed by atoms with E-state index in [1.165, 1.54) is 36.8 Å². The predicted molar refractivity (Wildman–Crippen MR) is 202 cm³/mol. The zero-order valence-electron chi connectivity index (χ0n) is 32.0. The Labute approximate surface area is 290 Å². The Hall–Kier alpha value is -1.42. The minimum absolute atomic E-state index is 0.216. The van der Waals surface area contributed by atoms with Crippen molar-refractivity contribution >= 4 is 8.07 Å². The smallest absolute Gasteiger partial charge is 0.0675 e. The van der Waals surface area contributed by atoms with Gasteiger partial charge in [-0.05, 0) is 106 Å². The molecular formula is C44H68O2Si. The summed E-state index contributed by atoms with van der Waals surface area (Å²) >= 11 is 0. The first-order valence-electron chi connectivity index (χ1n) is 19.3. The van der Waals surface area contributed by atoms with Crippen molar-refractivity contribution in [2.75, 3.05) is 14.2 Å². The SMILES string of the molecule is COC1C(c2ccccc2)C2CC(C)C([Si](C)(C)C3C(C)CC4C3CC(C(C)(C)C)C(OC)C4c3ccccc3)C2CC1C(C)(C)C. The molecule has 14 atom stereocenters. The van der Waals surface area contributed by atoms with Gasteiger partial charge in [-0.1, -0.05) is 129 Å². The largest absolute Gasteiger partial charge is 0.381 e. The fourth-order valence-electron chi connectivity index (χ4n) is 13.5. The fraction of sp³-hybridized carbons (Fsp3) is 0.727. The highest BCUT2D eigenvalue weighted by Crippen LogP contribution is 2.69. The van der Waals surface area contributed by atoms with Crippen molar-refractivity contribution < 1.29 is 9.47 Å². The Morgan fingerprint density at radius 2 is 0.872 bits per heavy atom. The van der Waals surface area contributed by atoms with E-state index in [1.54, 1.807) is 0 Å². The zero-order valence-corrected chi connectivity index (χ0v) is 33.0. The van der Waals surface area contributed by atoms with Gasteiger partial charge >= 0.3 is 0 Å². The van der Waals surface area contributed by atoms with E-state index in [-0.39, 0.29) is 23.0 Å². The molecule has 0 aliphatic heterocycles. The second-order valence-corrected chi connectivity index (χ2v) is 24.6. The lowest BCUT2D eigenvalue weighted by Crippen LogP contribution is -2.53. The zero-order chi connectivity index (χ0) is 34.1. The first-order chi connectivity index (χ1) is 22.1. The lowest BCUT2D eigenvalue weighted by Gasteiger charge is -2.55. The van der Waals surface area contributed by atoms with Gasteiger partial charge < -0.3 is 9.47 Å². The molecule has 47 heavy (non-hydrogen) atoms. The van der Waals surface area contributed by atoms with E-state index in [2.05, 4.69) is 129 Å². The van der Waals surface area contributed by atoms with Crippen LogP contribution in [0.4, 0.5) is 0 Å². The molecule has 4 fully saturated rings. The molecule has 0 spiro atoms. The average Bonchev–Trinajstić information content (AvgIpc) is 3.54. The Morgan fingerprint density at radius 3 is 1.17 bits per heavy atom. The molecule has 0 heterocycles. The van der Waals surface area contributed by atoms with Crippen LogP contribution in [0.1, 0.15) is 104 Å². The maximum absolute atomic E-state index is 6.57. The first-order valence-corrected chi connectivity index (χ1v) is 22.4. The topological polar surface area (TPSA) is 18.5 Å². The van der Waals surface area contributed by atoms with Gasteiger partial charge in [-0.25, -0.2) is 0 Å². The molecule has 3 heteroatoms. The van der Waals surface area contributed by atoms with Crippen LogP contribution >= 0.6 is 0 Å². The van der Waals surface area contributed by atoms with E-state index in [9.17, 15) is 0 Å². The van der Waals surface area contributed by atoms with Crippen LogP contribution in [0.5, 0.6) is 0 Å². The summed E-state index contributed by atoms with van der Waals surface area (Å²) < 4.78 is 13.1. The molecule has 2 aromatic rings. The highest BCUT2D eigenvalue weighted by Gasteiger charge is 2.64. The van der Waals surface area contributed by atoms with Crippen LogP contribution in [0.2, 0.25) is 24.2 Å². The monoisotopic (exact) mass is 656 g/mol. The fourth-order valence-corrected chi connectivity index (χ4v) is 20.1. The molecule has 0 bridgehead atoms. The van der Waals surface area contributed by atoms with Crippen molar-refractivity contribution in [3.05, 3.63) is 71.8 Å². The van der Waals surface area contributed by atoms with Gasteiger partial charge in [0.15, 0.2) is 0 Å². The van der Waals surface area contributed by atoms with Crippen LogP contribution in [0.25, 0.3) is 0 Å². The van der Waals surface area contributed by atoms with Crippen LogP contribution in [0.3, 0.4) is 0 Å². The molecule has 14 unspecified atom stereocenters. The van der Waals surface area contributed by atoms with Crippen molar-refractivity contribution in [3.63, 3.8) is 0 Å². The molecule has 4 saturated carbocycles. The third kappa shape index (κ3) is 6.16. The van der Waals surface area contributed by atoms with Gasteiger partial charge in [-0.15, -0.1) is 0 Å². The molecule has 4 aliphatic carbocycles. The second-order valence-electron chi connectivity index (χ2n) is 19.6. The molecule has 4 aliphatic rings. The van der Waals surface area contributed by atoms with Gasteiger partial charge in [0.25, 0.3) is 0 Å². The predicted octanol–water partition coefficient (Wildman–Crippen LogP) is 11.7. The summed E-state index contributed by atoms with van der Waals surface area (Å²) in [5.41, 5.74) is 5.18. The number of fused-ring (bicyclic) bond motifs is 2.